The van der Waals surface area contributed by atoms with E-state index in [0.717, 1.165) is 46.4 Å². The van der Waals surface area contributed by atoms with Crippen LogP contribution in [0.25, 0.3) is 33.7 Å². The maximum absolute atomic E-state index is 6.17. The van der Waals surface area contributed by atoms with Crippen molar-refractivity contribution in [2.75, 3.05) is 17.6 Å². The van der Waals surface area contributed by atoms with Crippen LogP contribution in [0.15, 0.2) is 65.1 Å². The molecule has 0 fully saturated rings. The quantitative estimate of drug-likeness (QED) is 0.405. The van der Waals surface area contributed by atoms with E-state index in [2.05, 4.69) is 12.2 Å². The molecule has 3 N–H and O–H groups in total. The van der Waals surface area contributed by atoms with Gasteiger partial charge < -0.3 is 15.5 Å². The highest BCUT2D eigenvalue weighted by atomic mass is 35.5. The molecule has 0 spiro atoms. The molecule has 5 heteroatoms. The first-order valence-electron chi connectivity index (χ1n) is 8.95. The molecule has 0 unspecified atom stereocenters. The van der Waals surface area contributed by atoms with Crippen LogP contribution in [0.5, 0.6) is 0 Å². The average molecular weight is 378 g/mol. The van der Waals surface area contributed by atoms with Gasteiger partial charge in [0.15, 0.2) is 5.58 Å². The monoisotopic (exact) mass is 377 g/mol. The lowest BCUT2D eigenvalue weighted by atomic mass is 10.0. The second-order valence-electron chi connectivity index (χ2n) is 6.41. The molecule has 0 saturated carbocycles. The molecule has 0 aliphatic heterocycles. The van der Waals surface area contributed by atoms with Gasteiger partial charge in [-0.2, -0.15) is 0 Å². The first-order chi connectivity index (χ1) is 13.2. The molecule has 136 valence electrons. The Bertz CT molecular complexity index is 1100. The Morgan fingerprint density at radius 3 is 2.70 bits per heavy atom. The van der Waals surface area contributed by atoms with Crippen molar-refractivity contribution >= 4 is 34.1 Å². The maximum Gasteiger partial charge on any atom is 0.229 e. The van der Waals surface area contributed by atoms with E-state index in [0.29, 0.717) is 16.6 Å². The van der Waals surface area contributed by atoms with Crippen molar-refractivity contribution in [1.29, 1.82) is 0 Å². The zero-order valence-electron chi connectivity index (χ0n) is 15.0. The highest BCUT2D eigenvalue weighted by Crippen LogP contribution is 2.35. The smallest absolute Gasteiger partial charge is 0.229 e. The number of nitrogens with one attached hydrogen (secondary N) is 1. The summed E-state index contributed by atoms with van der Waals surface area (Å²) in [6.07, 6.45) is 1.02. The van der Waals surface area contributed by atoms with Gasteiger partial charge in [-0.1, -0.05) is 42.8 Å². The fraction of sp³-hybridized carbons (Fsp3) is 0.136. The molecule has 4 rings (SSSR count). The van der Waals surface area contributed by atoms with Gasteiger partial charge in [-0.05, 0) is 48.4 Å². The summed E-state index contributed by atoms with van der Waals surface area (Å²) in [7, 11) is 0. The summed E-state index contributed by atoms with van der Waals surface area (Å²) < 4.78 is 6.08. The molecule has 3 aromatic carbocycles. The molecule has 0 bridgehead atoms. The van der Waals surface area contributed by atoms with Gasteiger partial charge in [-0.15, -0.1) is 0 Å². The fourth-order valence-corrected chi connectivity index (χ4v) is 3.30. The zero-order chi connectivity index (χ0) is 18.8. The van der Waals surface area contributed by atoms with Gasteiger partial charge in [-0.25, -0.2) is 4.98 Å². The largest absolute Gasteiger partial charge is 0.436 e. The summed E-state index contributed by atoms with van der Waals surface area (Å²) >= 11 is 6.17. The van der Waals surface area contributed by atoms with E-state index in [1.54, 1.807) is 0 Å². The predicted molar refractivity (Wildman–Crippen MR) is 113 cm³/mol. The molecule has 4 nitrogen and oxygen atoms in total. The van der Waals surface area contributed by atoms with Crippen LogP contribution in [0.4, 0.5) is 11.4 Å². The van der Waals surface area contributed by atoms with Crippen molar-refractivity contribution in [2.45, 2.75) is 13.3 Å². The average Bonchev–Trinajstić information content (AvgIpc) is 3.11. The summed E-state index contributed by atoms with van der Waals surface area (Å²) in [5, 5.41) is 4.10. The Hall–Kier alpha value is -2.98. The van der Waals surface area contributed by atoms with Gasteiger partial charge >= 0.3 is 0 Å². The van der Waals surface area contributed by atoms with E-state index in [1.165, 1.54) is 0 Å². The summed E-state index contributed by atoms with van der Waals surface area (Å²) in [5.74, 6) is 0.547. The molecule has 0 radical (unpaired) electrons. The van der Waals surface area contributed by atoms with Gasteiger partial charge in [-0.3, -0.25) is 0 Å². The minimum Gasteiger partial charge on any atom is -0.436 e. The highest BCUT2D eigenvalue weighted by molar-refractivity contribution is 6.30. The number of hydrogen-bond donors (Lipinski definition) is 2. The molecule has 1 aromatic heterocycles. The van der Waals surface area contributed by atoms with Crippen LogP contribution in [-0.2, 0) is 0 Å². The number of halogens is 1. The molecule has 1 heterocycles. The molecule has 0 aliphatic carbocycles. The molecule has 4 aromatic rings. The summed E-state index contributed by atoms with van der Waals surface area (Å²) in [6, 6.07) is 19.4. The van der Waals surface area contributed by atoms with Crippen LogP contribution in [-0.4, -0.2) is 11.5 Å². The molecule has 0 atom stereocenters. The Morgan fingerprint density at radius 1 is 1.04 bits per heavy atom. The first-order valence-corrected chi connectivity index (χ1v) is 9.33. The van der Waals surface area contributed by atoms with Crippen LogP contribution in [0.3, 0.4) is 0 Å². The number of oxazole rings is 1. The number of nitrogens with two attached hydrogens (primary N) is 1. The Labute approximate surface area is 163 Å². The number of aromatic nitrogens is 1. The minimum atomic E-state index is 0.547. The third-order valence-corrected chi connectivity index (χ3v) is 4.63. The fourth-order valence-electron chi connectivity index (χ4n) is 3.11. The van der Waals surface area contributed by atoms with Crippen LogP contribution >= 0.6 is 11.6 Å². The summed E-state index contributed by atoms with van der Waals surface area (Å²) in [4.78, 5) is 4.79. The van der Waals surface area contributed by atoms with Crippen LogP contribution in [0.1, 0.15) is 13.3 Å². The van der Waals surface area contributed by atoms with Crippen LogP contribution in [0.2, 0.25) is 5.02 Å². The highest BCUT2D eigenvalue weighted by Gasteiger charge is 2.16. The van der Waals surface area contributed by atoms with E-state index < -0.39 is 0 Å². The normalized spacial score (nSPS) is 11.0. The van der Waals surface area contributed by atoms with Crippen molar-refractivity contribution in [3.05, 3.63) is 65.7 Å². The second kappa shape index (κ2) is 7.33. The first kappa shape index (κ1) is 17.4. The number of anilines is 2. The van der Waals surface area contributed by atoms with Gasteiger partial charge in [0.25, 0.3) is 0 Å². The van der Waals surface area contributed by atoms with E-state index in [1.807, 2.05) is 60.7 Å². The number of fused-ring (bicyclic) bond motifs is 1. The predicted octanol–water partition coefficient (Wildman–Crippen LogP) is 6.22. The van der Waals surface area contributed by atoms with Gasteiger partial charge in [0, 0.05) is 28.5 Å². The van der Waals surface area contributed by atoms with Gasteiger partial charge in [0.05, 0.1) is 5.56 Å². The van der Waals surface area contributed by atoms with Crippen LogP contribution < -0.4 is 11.1 Å². The second-order valence-corrected chi connectivity index (χ2v) is 6.85. The number of benzene rings is 3. The molecule has 0 aliphatic rings. The molecule has 0 amide bonds. The number of hydrogen-bond acceptors (Lipinski definition) is 4. The summed E-state index contributed by atoms with van der Waals surface area (Å²) in [5.41, 5.74) is 12.0. The van der Waals surface area contributed by atoms with Crippen molar-refractivity contribution in [3.63, 3.8) is 0 Å². The van der Waals surface area contributed by atoms with Crippen molar-refractivity contribution in [1.82, 2.24) is 4.98 Å². The Balaban J connectivity index is 1.86. The third kappa shape index (κ3) is 3.49. The van der Waals surface area contributed by atoms with E-state index in [-0.39, 0.29) is 0 Å². The Morgan fingerprint density at radius 2 is 1.89 bits per heavy atom. The summed E-state index contributed by atoms with van der Waals surface area (Å²) in [6.45, 7) is 2.99. The standard InChI is InChI=1S/C22H20ClN3O/c1-2-11-25-19-10-9-16(24)13-18(19)22-26-21-17(7-4-8-20(21)27-22)14-5-3-6-15(23)12-14/h3-10,12-13,25H,2,11,24H2,1H3. The lowest BCUT2D eigenvalue weighted by molar-refractivity contribution is 0.620. The minimum absolute atomic E-state index is 0.547. The number of para-hydroxylation sites is 1. The van der Waals surface area contributed by atoms with E-state index >= 15 is 0 Å². The molecule has 0 saturated heterocycles. The molecular weight excluding hydrogens is 358 g/mol. The topological polar surface area (TPSA) is 64.1 Å². The maximum atomic E-state index is 6.17. The SMILES string of the molecule is CCCNc1ccc(N)cc1-c1nc2c(-c3cccc(Cl)c3)cccc2o1. The van der Waals surface area contributed by atoms with Gasteiger partial charge in [0.1, 0.15) is 5.52 Å². The Kier molecular flexibility index (Phi) is 4.73. The van der Waals surface area contributed by atoms with Crippen LogP contribution in [0, 0.1) is 0 Å². The van der Waals surface area contributed by atoms with Crippen molar-refractivity contribution in [3.8, 4) is 22.6 Å². The lowest BCUT2D eigenvalue weighted by Crippen LogP contribution is -2.02. The third-order valence-electron chi connectivity index (χ3n) is 4.39. The molecular formula is C22H20ClN3O. The number of rotatable bonds is 5. The van der Waals surface area contributed by atoms with Crippen molar-refractivity contribution < 1.29 is 4.42 Å². The number of nitrogen functional groups attached to an aromatic ring is 1. The number of nitrogens with zero attached hydrogens (tertiary/aromatic N) is 1. The van der Waals surface area contributed by atoms with Gasteiger partial charge in [0.2, 0.25) is 5.89 Å². The van der Waals surface area contributed by atoms with E-state index in [4.69, 9.17) is 26.7 Å². The van der Waals surface area contributed by atoms with Crippen molar-refractivity contribution in [2.24, 2.45) is 0 Å². The zero-order valence-corrected chi connectivity index (χ0v) is 15.8. The van der Waals surface area contributed by atoms with E-state index in [9.17, 15) is 0 Å². The lowest BCUT2D eigenvalue weighted by Gasteiger charge is -2.09. The molecule has 27 heavy (non-hydrogen) atoms.